The van der Waals surface area contributed by atoms with Crippen LogP contribution in [0.1, 0.15) is 39.5 Å². The molecule has 0 saturated carbocycles. The predicted molar refractivity (Wildman–Crippen MR) is 138 cm³/mol. The quantitative estimate of drug-likeness (QED) is 0.257. The van der Waals surface area contributed by atoms with Gasteiger partial charge in [0.15, 0.2) is 5.75 Å². The van der Waals surface area contributed by atoms with Gasteiger partial charge in [0.25, 0.3) is 0 Å². The molecule has 1 aliphatic rings. The largest absolute Gasteiger partial charge is 0.478 e. The van der Waals surface area contributed by atoms with Crippen LogP contribution in [0.4, 0.5) is 17.1 Å². The zero-order valence-corrected chi connectivity index (χ0v) is 21.0. The number of benzene rings is 2. The number of carboxylic acid groups (broad SMARTS) is 1. The molecule has 0 fully saturated rings. The van der Waals surface area contributed by atoms with Crippen molar-refractivity contribution >= 4 is 33.8 Å². The highest BCUT2D eigenvalue weighted by Gasteiger charge is 2.41. The molecule has 186 valence electrons. The van der Waals surface area contributed by atoms with E-state index < -0.39 is 22.3 Å². The summed E-state index contributed by atoms with van der Waals surface area (Å²) in [5.74, 6) is -0.806. The van der Waals surface area contributed by atoms with Crippen molar-refractivity contribution in [1.29, 1.82) is 0 Å². The second kappa shape index (κ2) is 10.7. The normalized spacial score (nSPS) is 20.5. The van der Waals surface area contributed by atoms with Gasteiger partial charge in [-0.3, -0.25) is 9.11 Å². The summed E-state index contributed by atoms with van der Waals surface area (Å²) in [7, 11) is 0.302. The number of rotatable bonds is 9. The second-order valence-electron chi connectivity index (χ2n) is 8.75. The van der Waals surface area contributed by atoms with Crippen LogP contribution in [0.25, 0.3) is 0 Å². The van der Waals surface area contributed by atoms with Gasteiger partial charge in [-0.15, -0.1) is 10.8 Å². The highest BCUT2D eigenvalue weighted by molar-refractivity contribution is 8.22. The van der Waals surface area contributed by atoms with Gasteiger partial charge in [0.05, 0.1) is 29.3 Å². The van der Waals surface area contributed by atoms with Crippen LogP contribution in [0.15, 0.2) is 59.7 Å². The molecule has 1 unspecified atom stereocenters. The first kappa shape index (κ1) is 25.9. The molecule has 0 saturated heterocycles. The van der Waals surface area contributed by atoms with Crippen molar-refractivity contribution in [3.05, 3.63) is 54.8 Å². The van der Waals surface area contributed by atoms with Crippen LogP contribution in [-0.2, 0) is 4.79 Å². The Balaban J connectivity index is 2.24. The SMILES string of the molecule is CCCCC1(CC)CN(c2ccccc2)c2cc(N(C)C)c(O/C=C/C(=O)O)cc2S(O)(O)N1. The number of nitrogens with zero attached hydrogens (tertiary/aromatic N) is 2. The molecule has 34 heavy (non-hydrogen) atoms. The van der Waals surface area contributed by atoms with Gasteiger partial charge >= 0.3 is 5.97 Å². The summed E-state index contributed by atoms with van der Waals surface area (Å²) in [4.78, 5) is 15.2. The summed E-state index contributed by atoms with van der Waals surface area (Å²) in [5, 5.41) is 8.93. The molecule has 0 aliphatic carbocycles. The van der Waals surface area contributed by atoms with Crippen molar-refractivity contribution in [2.45, 2.75) is 50.0 Å². The molecule has 4 N–H and O–H groups in total. The van der Waals surface area contributed by atoms with Crippen molar-refractivity contribution in [2.75, 3.05) is 30.4 Å². The third-order valence-electron chi connectivity index (χ3n) is 6.10. The monoisotopic (exact) mass is 489 g/mol. The molecule has 8 nitrogen and oxygen atoms in total. The predicted octanol–water partition coefficient (Wildman–Crippen LogP) is 5.83. The molecule has 0 aromatic heterocycles. The van der Waals surface area contributed by atoms with E-state index in [0.29, 0.717) is 35.0 Å². The lowest BCUT2D eigenvalue weighted by Crippen LogP contribution is -2.51. The molecule has 0 radical (unpaired) electrons. The first-order chi connectivity index (χ1) is 16.1. The Labute approximate surface area is 203 Å². The Morgan fingerprint density at radius 3 is 2.53 bits per heavy atom. The summed E-state index contributed by atoms with van der Waals surface area (Å²) < 4.78 is 31.7. The first-order valence-electron chi connectivity index (χ1n) is 11.4. The highest BCUT2D eigenvalue weighted by atomic mass is 32.3. The van der Waals surface area contributed by atoms with E-state index in [1.807, 2.05) is 55.4 Å². The van der Waals surface area contributed by atoms with Gasteiger partial charge in [-0.1, -0.05) is 44.9 Å². The summed E-state index contributed by atoms with van der Waals surface area (Å²) >= 11 is 0. The van der Waals surface area contributed by atoms with E-state index >= 15 is 0 Å². The summed E-state index contributed by atoms with van der Waals surface area (Å²) in [6.45, 7) is 4.75. The van der Waals surface area contributed by atoms with Crippen LogP contribution in [0.5, 0.6) is 5.75 Å². The third-order valence-corrected chi connectivity index (χ3v) is 7.76. The zero-order chi connectivity index (χ0) is 24.9. The molecule has 1 heterocycles. The second-order valence-corrected chi connectivity index (χ2v) is 10.5. The zero-order valence-electron chi connectivity index (χ0n) is 20.2. The van der Waals surface area contributed by atoms with Gasteiger partial charge in [-0.2, -0.15) is 0 Å². The van der Waals surface area contributed by atoms with Crippen molar-refractivity contribution in [1.82, 2.24) is 4.72 Å². The topological polar surface area (TPSA) is 106 Å². The number of hydrogen-bond donors (Lipinski definition) is 4. The fourth-order valence-corrected chi connectivity index (χ4v) is 5.97. The van der Waals surface area contributed by atoms with Gasteiger partial charge in [0, 0.05) is 32.4 Å². The number of anilines is 3. The van der Waals surface area contributed by atoms with E-state index in [0.717, 1.165) is 37.3 Å². The van der Waals surface area contributed by atoms with Crippen LogP contribution in [0.2, 0.25) is 0 Å². The lowest BCUT2D eigenvalue weighted by molar-refractivity contribution is -0.131. The summed E-state index contributed by atoms with van der Waals surface area (Å²) in [5.41, 5.74) is 1.78. The molecular formula is C25H35N3O5S. The molecule has 0 bridgehead atoms. The number of aliphatic carboxylic acids is 1. The number of carbonyl (C=O) groups is 1. The Morgan fingerprint density at radius 2 is 1.94 bits per heavy atom. The maximum absolute atomic E-state index is 11.4. The lowest BCUT2D eigenvalue weighted by atomic mass is 9.89. The molecular weight excluding hydrogens is 454 g/mol. The summed E-state index contributed by atoms with van der Waals surface area (Å²) in [6.07, 6.45) is 5.43. The molecule has 2 aromatic rings. The van der Waals surface area contributed by atoms with Crippen molar-refractivity contribution in [2.24, 2.45) is 0 Å². The Kier molecular flexibility index (Phi) is 8.14. The molecule has 1 aliphatic heterocycles. The van der Waals surface area contributed by atoms with E-state index in [4.69, 9.17) is 9.84 Å². The number of fused-ring (bicyclic) bond motifs is 1. The maximum atomic E-state index is 11.4. The molecule has 9 heteroatoms. The molecule has 1 atom stereocenters. The van der Waals surface area contributed by atoms with Gasteiger partial charge in [-0.25, -0.2) is 9.52 Å². The van der Waals surface area contributed by atoms with Gasteiger partial charge in [0.1, 0.15) is 4.90 Å². The molecule has 0 spiro atoms. The molecule has 2 aromatic carbocycles. The minimum atomic E-state index is -3.41. The van der Waals surface area contributed by atoms with E-state index in [1.54, 1.807) is 6.07 Å². The highest BCUT2D eigenvalue weighted by Crippen LogP contribution is 2.57. The minimum absolute atomic E-state index is 0.313. The molecule has 0 amide bonds. The average molecular weight is 490 g/mol. The van der Waals surface area contributed by atoms with E-state index in [1.165, 1.54) is 0 Å². The van der Waals surface area contributed by atoms with E-state index in [9.17, 15) is 13.9 Å². The number of unbranched alkanes of at least 4 members (excludes halogenated alkanes) is 1. The van der Waals surface area contributed by atoms with E-state index in [-0.39, 0.29) is 0 Å². The van der Waals surface area contributed by atoms with Crippen LogP contribution >= 0.6 is 10.8 Å². The number of ether oxygens (including phenoxy) is 1. The average Bonchev–Trinajstić information content (AvgIpc) is 2.90. The van der Waals surface area contributed by atoms with Crippen LogP contribution in [0.3, 0.4) is 0 Å². The van der Waals surface area contributed by atoms with E-state index in [2.05, 4.69) is 23.5 Å². The van der Waals surface area contributed by atoms with Crippen molar-refractivity contribution in [3.63, 3.8) is 0 Å². The fourth-order valence-electron chi connectivity index (χ4n) is 4.21. The van der Waals surface area contributed by atoms with Crippen LogP contribution in [0, 0.1) is 0 Å². The van der Waals surface area contributed by atoms with Gasteiger partial charge in [-0.05, 0) is 31.0 Å². The van der Waals surface area contributed by atoms with Crippen LogP contribution < -0.4 is 19.3 Å². The minimum Gasteiger partial charge on any atom is -0.478 e. The van der Waals surface area contributed by atoms with Crippen molar-refractivity contribution in [3.8, 4) is 5.75 Å². The number of para-hydroxylation sites is 1. The van der Waals surface area contributed by atoms with Gasteiger partial charge < -0.3 is 19.6 Å². The van der Waals surface area contributed by atoms with Gasteiger partial charge in [0.2, 0.25) is 0 Å². The standard InChI is InChI=1S/C25H35N3O5S/c1-5-7-14-25(6-2)18-28(19-11-9-8-10-12-19)21-16-20(27(3)4)22(33-15-13-24(29)30)17-23(21)34(31,32)26-25/h8-13,15-17,26,31-32H,5-7,14,18H2,1-4H3,(H,29,30)/b15-13+. The van der Waals surface area contributed by atoms with Crippen LogP contribution in [-0.4, -0.2) is 46.4 Å². The van der Waals surface area contributed by atoms with Crippen molar-refractivity contribution < 1.29 is 23.7 Å². The fraction of sp³-hybridized carbons (Fsp3) is 0.400. The number of hydrogen-bond acceptors (Lipinski definition) is 7. The maximum Gasteiger partial charge on any atom is 0.331 e. The Bertz CT molecular complexity index is 1030. The Hall–Kier alpha value is -2.72. The third kappa shape index (κ3) is 5.67. The molecule has 3 rings (SSSR count). The Morgan fingerprint density at radius 1 is 1.24 bits per heavy atom. The number of carboxylic acids is 1. The number of nitrogens with one attached hydrogen (secondary N) is 1. The first-order valence-corrected chi connectivity index (χ1v) is 13.0. The smallest absolute Gasteiger partial charge is 0.331 e. The lowest BCUT2D eigenvalue weighted by Gasteiger charge is -2.42. The summed E-state index contributed by atoms with van der Waals surface area (Å²) in [6, 6.07) is 13.4.